The third-order valence-electron chi connectivity index (χ3n) is 2.84. The Labute approximate surface area is 87.9 Å². The molecule has 0 unspecified atom stereocenters. The van der Waals surface area contributed by atoms with E-state index in [0.29, 0.717) is 0 Å². The molecule has 0 amide bonds. The molecule has 0 aliphatic carbocycles. The van der Waals surface area contributed by atoms with Crippen LogP contribution >= 0.6 is 11.3 Å². The average Bonchev–Trinajstić information content (AvgIpc) is 2.72. The Kier molecular flexibility index (Phi) is 2.99. The molecular formula is C11H14O2S. The second kappa shape index (κ2) is 4.24. The van der Waals surface area contributed by atoms with Crippen LogP contribution in [0.5, 0.6) is 0 Å². The van der Waals surface area contributed by atoms with Crippen molar-refractivity contribution < 1.29 is 9.53 Å². The van der Waals surface area contributed by atoms with Gasteiger partial charge in [0, 0.05) is 23.5 Å². The first-order valence-electron chi connectivity index (χ1n) is 4.91. The summed E-state index contributed by atoms with van der Waals surface area (Å²) in [6, 6.07) is 4.14. The molecule has 1 aromatic heterocycles. The van der Waals surface area contributed by atoms with E-state index in [1.54, 1.807) is 11.3 Å². The van der Waals surface area contributed by atoms with Crippen molar-refractivity contribution in [3.8, 4) is 0 Å². The van der Waals surface area contributed by atoms with Gasteiger partial charge in [-0.15, -0.1) is 11.3 Å². The van der Waals surface area contributed by atoms with E-state index < -0.39 is 0 Å². The summed E-state index contributed by atoms with van der Waals surface area (Å²) in [4.78, 5) is 12.5. The Balaban J connectivity index is 2.08. The molecule has 3 heteroatoms. The molecule has 2 nitrogen and oxygen atoms in total. The van der Waals surface area contributed by atoms with Crippen LogP contribution in [0.3, 0.4) is 0 Å². The summed E-state index contributed by atoms with van der Waals surface area (Å²) in [5.74, 6) is 0. The minimum atomic E-state index is -0.150. The predicted molar refractivity (Wildman–Crippen MR) is 56.6 cm³/mol. The average molecular weight is 210 g/mol. The van der Waals surface area contributed by atoms with Crippen LogP contribution in [0.2, 0.25) is 0 Å². The summed E-state index contributed by atoms with van der Waals surface area (Å²) >= 11 is 1.73. The molecule has 0 aromatic carbocycles. The number of ether oxygens (including phenoxy) is 1. The van der Waals surface area contributed by atoms with Gasteiger partial charge in [0.15, 0.2) is 0 Å². The third-order valence-corrected chi connectivity index (χ3v) is 3.72. The SMILES string of the molecule is O=CC1(Cc2cccs2)CCOCC1. The van der Waals surface area contributed by atoms with E-state index in [0.717, 1.165) is 38.8 Å². The highest BCUT2D eigenvalue weighted by Crippen LogP contribution is 2.33. The van der Waals surface area contributed by atoms with E-state index in [2.05, 4.69) is 11.4 Å². The molecule has 1 saturated heterocycles. The van der Waals surface area contributed by atoms with Gasteiger partial charge in [-0.3, -0.25) is 0 Å². The molecule has 14 heavy (non-hydrogen) atoms. The van der Waals surface area contributed by atoms with Gasteiger partial charge in [0.1, 0.15) is 6.29 Å². The van der Waals surface area contributed by atoms with E-state index in [-0.39, 0.29) is 5.41 Å². The molecule has 0 atom stereocenters. The number of hydrogen-bond acceptors (Lipinski definition) is 3. The van der Waals surface area contributed by atoms with Gasteiger partial charge in [-0.05, 0) is 30.7 Å². The number of hydrogen-bond donors (Lipinski definition) is 0. The van der Waals surface area contributed by atoms with Crippen molar-refractivity contribution in [1.82, 2.24) is 0 Å². The summed E-state index contributed by atoms with van der Waals surface area (Å²) in [5, 5.41) is 2.06. The van der Waals surface area contributed by atoms with Crippen LogP contribution in [0.4, 0.5) is 0 Å². The first kappa shape index (κ1) is 9.87. The smallest absolute Gasteiger partial charge is 0.126 e. The highest BCUT2D eigenvalue weighted by molar-refractivity contribution is 7.09. The van der Waals surface area contributed by atoms with Crippen molar-refractivity contribution >= 4 is 17.6 Å². The van der Waals surface area contributed by atoms with Crippen molar-refractivity contribution in [3.05, 3.63) is 22.4 Å². The second-order valence-electron chi connectivity index (χ2n) is 3.85. The van der Waals surface area contributed by atoms with Gasteiger partial charge >= 0.3 is 0 Å². The van der Waals surface area contributed by atoms with Crippen LogP contribution in [0.25, 0.3) is 0 Å². The monoisotopic (exact) mass is 210 g/mol. The van der Waals surface area contributed by atoms with Crippen molar-refractivity contribution in [1.29, 1.82) is 0 Å². The fraction of sp³-hybridized carbons (Fsp3) is 0.545. The highest BCUT2D eigenvalue weighted by atomic mass is 32.1. The molecule has 1 aliphatic heterocycles. The molecule has 76 valence electrons. The Morgan fingerprint density at radius 1 is 1.50 bits per heavy atom. The maximum atomic E-state index is 11.2. The number of carbonyl (C=O) groups excluding carboxylic acids is 1. The minimum absolute atomic E-state index is 0.150. The molecule has 0 bridgehead atoms. The summed E-state index contributed by atoms with van der Waals surface area (Å²) < 4.78 is 5.29. The van der Waals surface area contributed by atoms with Gasteiger partial charge in [0.2, 0.25) is 0 Å². The summed E-state index contributed by atoms with van der Waals surface area (Å²) in [6.07, 6.45) is 3.76. The second-order valence-corrected chi connectivity index (χ2v) is 4.88. The Bertz CT molecular complexity index is 286. The van der Waals surface area contributed by atoms with Crippen molar-refractivity contribution in [2.75, 3.05) is 13.2 Å². The van der Waals surface area contributed by atoms with Crippen LogP contribution in [0.1, 0.15) is 17.7 Å². The maximum Gasteiger partial charge on any atom is 0.126 e. The van der Waals surface area contributed by atoms with Crippen LogP contribution in [-0.2, 0) is 16.0 Å². The van der Waals surface area contributed by atoms with Crippen LogP contribution in [-0.4, -0.2) is 19.5 Å². The van der Waals surface area contributed by atoms with Gasteiger partial charge in [0.05, 0.1) is 0 Å². The zero-order valence-corrected chi connectivity index (χ0v) is 8.89. The van der Waals surface area contributed by atoms with Crippen molar-refractivity contribution in [3.63, 3.8) is 0 Å². The largest absolute Gasteiger partial charge is 0.381 e. The highest BCUT2D eigenvalue weighted by Gasteiger charge is 2.32. The van der Waals surface area contributed by atoms with Gasteiger partial charge in [-0.2, -0.15) is 0 Å². The molecular weight excluding hydrogens is 196 g/mol. The summed E-state index contributed by atoms with van der Waals surface area (Å²) in [5.41, 5.74) is -0.150. The van der Waals surface area contributed by atoms with Crippen molar-refractivity contribution in [2.24, 2.45) is 5.41 Å². The Morgan fingerprint density at radius 2 is 2.29 bits per heavy atom. The maximum absolute atomic E-state index is 11.2. The van der Waals surface area contributed by atoms with E-state index in [9.17, 15) is 4.79 Å². The number of rotatable bonds is 3. The van der Waals surface area contributed by atoms with E-state index >= 15 is 0 Å². The van der Waals surface area contributed by atoms with Gasteiger partial charge in [-0.25, -0.2) is 0 Å². The van der Waals surface area contributed by atoms with E-state index in [4.69, 9.17) is 4.74 Å². The first-order chi connectivity index (χ1) is 6.85. The lowest BCUT2D eigenvalue weighted by Gasteiger charge is -2.31. The number of aldehydes is 1. The zero-order valence-electron chi connectivity index (χ0n) is 8.07. The van der Waals surface area contributed by atoms with E-state index in [1.165, 1.54) is 4.88 Å². The van der Waals surface area contributed by atoms with Crippen LogP contribution in [0, 0.1) is 5.41 Å². The lowest BCUT2D eigenvalue weighted by molar-refractivity contribution is -0.121. The molecule has 0 spiro atoms. The summed E-state index contributed by atoms with van der Waals surface area (Å²) in [7, 11) is 0. The molecule has 0 N–H and O–H groups in total. The predicted octanol–water partition coefficient (Wildman–Crippen LogP) is 2.29. The number of carbonyl (C=O) groups is 1. The molecule has 0 saturated carbocycles. The van der Waals surface area contributed by atoms with Gasteiger partial charge < -0.3 is 9.53 Å². The lowest BCUT2D eigenvalue weighted by Crippen LogP contribution is -2.32. The quantitative estimate of drug-likeness (QED) is 0.715. The van der Waals surface area contributed by atoms with Gasteiger partial charge in [-0.1, -0.05) is 6.07 Å². The van der Waals surface area contributed by atoms with Crippen molar-refractivity contribution in [2.45, 2.75) is 19.3 Å². The van der Waals surface area contributed by atoms with Crippen LogP contribution < -0.4 is 0 Å². The van der Waals surface area contributed by atoms with Crippen LogP contribution in [0.15, 0.2) is 17.5 Å². The molecule has 1 fully saturated rings. The third kappa shape index (κ3) is 2.04. The summed E-state index contributed by atoms with van der Waals surface area (Å²) in [6.45, 7) is 1.45. The number of thiophene rings is 1. The molecule has 1 aromatic rings. The zero-order chi connectivity index (χ0) is 9.86. The fourth-order valence-electron chi connectivity index (χ4n) is 1.87. The molecule has 0 radical (unpaired) electrons. The minimum Gasteiger partial charge on any atom is -0.381 e. The standard InChI is InChI=1S/C11H14O2S/c12-9-11(3-5-13-6-4-11)8-10-2-1-7-14-10/h1-2,7,9H,3-6,8H2. The molecule has 2 heterocycles. The fourth-order valence-corrected chi connectivity index (χ4v) is 2.73. The molecule has 1 aliphatic rings. The lowest BCUT2D eigenvalue weighted by atomic mass is 9.78. The first-order valence-corrected chi connectivity index (χ1v) is 5.79. The Hall–Kier alpha value is -0.670. The normalized spacial score (nSPS) is 20.6. The van der Waals surface area contributed by atoms with Gasteiger partial charge in [0.25, 0.3) is 0 Å². The topological polar surface area (TPSA) is 26.3 Å². The van der Waals surface area contributed by atoms with E-state index in [1.807, 2.05) is 6.07 Å². The Morgan fingerprint density at radius 3 is 2.86 bits per heavy atom. The molecule has 2 rings (SSSR count).